The highest BCUT2D eigenvalue weighted by Gasteiger charge is 2.16. The van der Waals surface area contributed by atoms with Gasteiger partial charge in [-0.1, -0.05) is 0 Å². The molecule has 0 aliphatic carbocycles. The van der Waals surface area contributed by atoms with Crippen LogP contribution in [0.25, 0.3) is 11.2 Å². The highest BCUT2D eigenvalue weighted by atomic mass is 16.3. The molecule has 0 aliphatic heterocycles. The van der Waals surface area contributed by atoms with Crippen molar-refractivity contribution in [2.24, 2.45) is 14.1 Å². The number of aliphatic hydroxyl groups is 1. The summed E-state index contributed by atoms with van der Waals surface area (Å²) >= 11 is 0. The zero-order chi connectivity index (χ0) is 18.4. The van der Waals surface area contributed by atoms with Gasteiger partial charge in [0.1, 0.15) is 5.82 Å². The monoisotopic (exact) mass is 297 g/mol. The first-order valence-electron chi connectivity index (χ1n) is 8.23. The molecule has 0 bridgehead atoms. The van der Waals surface area contributed by atoms with Gasteiger partial charge < -0.3 is 9.67 Å². The summed E-state index contributed by atoms with van der Waals surface area (Å²) in [6, 6.07) is 0. The van der Waals surface area contributed by atoms with Crippen LogP contribution >= 0.6 is 0 Å². The second-order valence-electron chi connectivity index (χ2n) is 5.05. The molecule has 0 unspecified atom stereocenters. The first kappa shape index (κ1) is 11.7. The molecule has 2 heterocycles. The van der Waals surface area contributed by atoms with Crippen LogP contribution in [0.1, 0.15) is 36.1 Å². The van der Waals surface area contributed by atoms with Crippen LogP contribution < -0.4 is 11.2 Å². The molecule has 7 nitrogen and oxygen atoms in total. The van der Waals surface area contributed by atoms with E-state index in [1.807, 2.05) is 0 Å². The lowest BCUT2D eigenvalue weighted by molar-refractivity contribution is 0.180. The van der Waals surface area contributed by atoms with Crippen molar-refractivity contribution in [3.8, 4) is 0 Å². The summed E-state index contributed by atoms with van der Waals surface area (Å²) in [6.45, 7) is 2.81. The Morgan fingerprint density at radius 3 is 2.62 bits per heavy atom. The third-order valence-electron chi connectivity index (χ3n) is 3.52. The maximum atomic E-state index is 12.6. The highest BCUT2D eigenvalue weighted by Crippen LogP contribution is 2.08. The Bertz CT molecular complexity index is 890. The van der Waals surface area contributed by atoms with Crippen molar-refractivity contribution in [3.05, 3.63) is 26.7 Å². The van der Waals surface area contributed by atoms with Gasteiger partial charge in [-0.25, -0.2) is 9.78 Å². The molecule has 21 heavy (non-hydrogen) atoms. The zero-order valence-corrected chi connectivity index (χ0v) is 12.7. The first-order chi connectivity index (χ1) is 10.9. The van der Waals surface area contributed by atoms with E-state index in [0.29, 0.717) is 17.0 Å². The first-order valence-corrected chi connectivity index (χ1v) is 6.73. The fraction of sp³-hybridized carbons (Fsp3) is 0.643. The average Bonchev–Trinajstić information content (AvgIpc) is 2.75. The van der Waals surface area contributed by atoms with Gasteiger partial charge in [0.25, 0.3) is 5.56 Å². The zero-order valence-electron chi connectivity index (χ0n) is 15.7. The van der Waals surface area contributed by atoms with Gasteiger partial charge in [-0.15, -0.1) is 0 Å². The van der Waals surface area contributed by atoms with E-state index < -0.39 is 23.7 Å². The van der Waals surface area contributed by atoms with Gasteiger partial charge in [0, 0.05) is 23.4 Å². The van der Waals surface area contributed by atoms with Gasteiger partial charge >= 0.3 is 5.69 Å². The molecule has 0 spiro atoms. The lowest BCUT2D eigenvalue weighted by atomic mass is 10.2. The number of rotatable bonds is 5. The molecular formula is C14H22N4O3. The van der Waals surface area contributed by atoms with E-state index in [1.54, 1.807) is 18.5 Å². The summed E-state index contributed by atoms with van der Waals surface area (Å²) < 4.78 is 26.8. The van der Waals surface area contributed by atoms with Crippen molar-refractivity contribution in [2.45, 2.75) is 45.7 Å². The third-order valence-corrected chi connectivity index (χ3v) is 3.52. The Kier molecular flexibility index (Phi) is 3.27. The predicted molar refractivity (Wildman–Crippen MR) is 80.5 cm³/mol. The molecule has 1 N–H and O–H groups in total. The number of hydrogen-bond acceptors (Lipinski definition) is 4. The van der Waals surface area contributed by atoms with Gasteiger partial charge in [-0.2, -0.15) is 0 Å². The Balaban J connectivity index is 2.39. The Morgan fingerprint density at radius 1 is 1.33 bits per heavy atom. The van der Waals surface area contributed by atoms with Crippen molar-refractivity contribution in [2.75, 3.05) is 0 Å². The van der Waals surface area contributed by atoms with E-state index in [-0.39, 0.29) is 19.4 Å². The molecule has 0 radical (unpaired) electrons. The molecule has 7 heteroatoms. The van der Waals surface area contributed by atoms with Crippen molar-refractivity contribution in [1.29, 1.82) is 0 Å². The number of imidazole rings is 1. The van der Waals surface area contributed by atoms with E-state index >= 15 is 0 Å². The van der Waals surface area contributed by atoms with Gasteiger partial charge in [0.05, 0.1) is 7.45 Å². The van der Waals surface area contributed by atoms with Crippen molar-refractivity contribution in [1.82, 2.24) is 18.7 Å². The predicted octanol–water partition coefficient (Wildman–Crippen LogP) is 0.293. The van der Waals surface area contributed by atoms with Gasteiger partial charge in [0.2, 0.25) is 0 Å². The number of fused-ring (bicyclic) bond motifs is 1. The Morgan fingerprint density at radius 2 is 2.00 bits per heavy atom. The number of nitrogens with zero attached hydrogens (tertiary/aromatic N) is 4. The van der Waals surface area contributed by atoms with Crippen LogP contribution in [0.3, 0.4) is 0 Å². The molecule has 2 rings (SSSR count). The maximum Gasteiger partial charge on any atom is 0.332 e. The topological polar surface area (TPSA) is 82.0 Å². The second kappa shape index (κ2) is 5.85. The molecule has 0 saturated carbocycles. The molecule has 0 fully saturated rings. The van der Waals surface area contributed by atoms with Crippen LogP contribution in [-0.2, 0) is 20.6 Å². The molecule has 0 amide bonds. The van der Waals surface area contributed by atoms with Crippen molar-refractivity contribution >= 4 is 11.2 Å². The number of aryl methyl sites for hydroxylation is 3. The average molecular weight is 297 g/mol. The van der Waals surface area contributed by atoms with Crippen LogP contribution in [0, 0.1) is 6.92 Å². The molecule has 0 saturated heterocycles. The molecule has 2 aromatic heterocycles. The van der Waals surface area contributed by atoms with E-state index in [9.17, 15) is 14.7 Å². The summed E-state index contributed by atoms with van der Waals surface area (Å²) in [4.78, 5) is 29.2. The molecule has 0 aromatic carbocycles. The Hall–Kier alpha value is -1.89. The second-order valence-corrected chi connectivity index (χ2v) is 5.05. The fourth-order valence-corrected chi connectivity index (χ4v) is 2.26. The van der Waals surface area contributed by atoms with E-state index in [1.165, 1.54) is 11.6 Å². The minimum Gasteiger partial charge on any atom is -0.393 e. The van der Waals surface area contributed by atoms with Gasteiger partial charge in [-0.3, -0.25) is 13.9 Å². The molecule has 0 aliphatic rings. The molecule has 2 aromatic rings. The smallest absolute Gasteiger partial charge is 0.332 e. The van der Waals surface area contributed by atoms with Crippen LogP contribution in [0.4, 0.5) is 0 Å². The third kappa shape index (κ3) is 2.78. The lowest BCUT2D eigenvalue weighted by Gasteiger charge is -2.09. The normalized spacial score (nSPS) is 17.3. The summed E-state index contributed by atoms with van der Waals surface area (Å²) in [6.07, 6.45) is -4.40. The van der Waals surface area contributed by atoms with Crippen molar-refractivity contribution in [3.63, 3.8) is 0 Å². The molecule has 116 valence electrons. The van der Waals surface area contributed by atoms with E-state index in [2.05, 4.69) is 4.98 Å². The van der Waals surface area contributed by atoms with E-state index in [0.717, 1.165) is 11.5 Å². The van der Waals surface area contributed by atoms with Crippen LogP contribution in [0.2, 0.25) is 0 Å². The SMILES string of the molecule is [2H]C([2H])(CCCn1c(=O)c2c(nc(C)n2C)n(C)c1=O)[C@]([2H])(C)O. The lowest BCUT2D eigenvalue weighted by Crippen LogP contribution is -2.39. The maximum absolute atomic E-state index is 12.6. The number of hydrogen-bond donors (Lipinski definition) is 1. The highest BCUT2D eigenvalue weighted by molar-refractivity contribution is 5.70. The standard InChI is InChI=1S/C14H22N4O3/c1-9(19)7-5-6-8-18-13(20)11-12(17(4)14(18)21)15-10(2)16(11)3/h9,19H,5-8H2,1-4H3/t9-/m0/s1/i7D2,9D. The minimum atomic E-state index is -2.24. The summed E-state index contributed by atoms with van der Waals surface area (Å²) in [5.41, 5.74) is -0.381. The van der Waals surface area contributed by atoms with Gasteiger partial charge in [-0.05, 0) is 33.1 Å². The quantitative estimate of drug-likeness (QED) is 0.860. The summed E-state index contributed by atoms with van der Waals surface area (Å²) in [5.74, 6) is 0.608. The number of aromatic nitrogens is 4. The van der Waals surface area contributed by atoms with Gasteiger partial charge in [0.15, 0.2) is 11.2 Å². The van der Waals surface area contributed by atoms with Crippen LogP contribution in [0.15, 0.2) is 9.59 Å². The molecular weight excluding hydrogens is 272 g/mol. The van der Waals surface area contributed by atoms with Crippen molar-refractivity contribution < 1.29 is 9.22 Å². The van der Waals surface area contributed by atoms with Crippen LogP contribution in [0.5, 0.6) is 0 Å². The minimum absolute atomic E-state index is 0.00125. The fourth-order valence-electron chi connectivity index (χ4n) is 2.26. The summed E-state index contributed by atoms with van der Waals surface area (Å²) in [7, 11) is 3.22. The molecule has 1 atom stereocenters. The summed E-state index contributed by atoms with van der Waals surface area (Å²) in [5, 5.41) is 9.52. The van der Waals surface area contributed by atoms with Crippen LogP contribution in [-0.4, -0.2) is 29.9 Å². The van der Waals surface area contributed by atoms with E-state index in [4.69, 9.17) is 4.11 Å². The largest absolute Gasteiger partial charge is 0.393 e. The Labute approximate surface area is 126 Å².